The summed E-state index contributed by atoms with van der Waals surface area (Å²) >= 11 is 0. The lowest BCUT2D eigenvalue weighted by Gasteiger charge is -2.51. The summed E-state index contributed by atoms with van der Waals surface area (Å²) in [5.74, 6) is -6.13. The highest BCUT2D eigenvalue weighted by molar-refractivity contribution is 6.22. The molecule has 0 aromatic heterocycles. The summed E-state index contributed by atoms with van der Waals surface area (Å²) in [6, 6.07) is 0.528. The molecule has 0 radical (unpaired) electrons. The number of rotatable bonds is 6. The lowest BCUT2D eigenvalue weighted by Crippen LogP contribution is -2.64. The average molecular weight is 585 g/mol. The van der Waals surface area contributed by atoms with E-state index < -0.39 is 69.6 Å². The molecule has 42 heavy (non-hydrogen) atoms. The Morgan fingerprint density at radius 1 is 1.14 bits per heavy atom. The molecule has 13 heteroatoms. The predicted molar refractivity (Wildman–Crippen MR) is 156 cm³/mol. The van der Waals surface area contributed by atoms with Gasteiger partial charge in [-0.1, -0.05) is 0 Å². The average Bonchev–Trinajstić information content (AvgIpc) is 2.85. The number of aromatic hydroxyl groups is 1. The summed E-state index contributed by atoms with van der Waals surface area (Å²) in [7, 11) is 6.71. The number of amides is 2. The molecular weight excluding hydrogens is 544 g/mol. The van der Waals surface area contributed by atoms with Crippen molar-refractivity contribution in [1.29, 1.82) is 0 Å². The van der Waals surface area contributed by atoms with E-state index >= 15 is 0 Å². The topological polar surface area (TPSA) is 212 Å². The van der Waals surface area contributed by atoms with Crippen LogP contribution in [0.1, 0.15) is 43.1 Å². The van der Waals surface area contributed by atoms with Crippen molar-refractivity contribution in [3.8, 4) is 5.75 Å². The first-order valence-corrected chi connectivity index (χ1v) is 13.6. The number of fused-ring (bicyclic) bond motifs is 3. The molecule has 3 aliphatic rings. The van der Waals surface area contributed by atoms with Crippen LogP contribution < -0.4 is 27.0 Å². The van der Waals surface area contributed by atoms with Crippen LogP contribution in [0.4, 0.5) is 11.4 Å². The van der Waals surface area contributed by atoms with E-state index in [4.69, 9.17) is 11.5 Å². The number of likely N-dealkylation sites (N-methyl/N-ethyl adjacent to an activating group) is 1. The first kappa shape index (κ1) is 31.0. The van der Waals surface area contributed by atoms with E-state index in [-0.39, 0.29) is 41.7 Å². The first-order valence-electron chi connectivity index (χ1n) is 13.6. The Morgan fingerprint density at radius 2 is 1.76 bits per heavy atom. The summed E-state index contributed by atoms with van der Waals surface area (Å²) in [6.07, 6.45) is 0.277. The Labute approximate surface area is 244 Å². The maximum Gasteiger partial charge on any atom is 0.255 e. The molecule has 0 saturated heterocycles. The maximum atomic E-state index is 14.2. The number of anilines is 2. The third-order valence-corrected chi connectivity index (χ3v) is 8.32. The minimum Gasteiger partial charge on any atom is -0.508 e. The summed E-state index contributed by atoms with van der Waals surface area (Å²) in [6.45, 7) is 5.66. The third kappa shape index (κ3) is 4.80. The van der Waals surface area contributed by atoms with Crippen LogP contribution in [0.2, 0.25) is 0 Å². The smallest absolute Gasteiger partial charge is 0.255 e. The lowest BCUT2D eigenvalue weighted by molar-refractivity contribution is -0.134. The molecule has 228 valence electrons. The summed E-state index contributed by atoms with van der Waals surface area (Å²) in [5.41, 5.74) is 8.95. The minimum absolute atomic E-state index is 0.0196. The van der Waals surface area contributed by atoms with Gasteiger partial charge in [-0.05, 0) is 65.3 Å². The largest absolute Gasteiger partial charge is 0.508 e. The van der Waals surface area contributed by atoms with Crippen LogP contribution in [0.15, 0.2) is 28.7 Å². The van der Waals surface area contributed by atoms with Gasteiger partial charge in [0.25, 0.3) is 5.91 Å². The summed E-state index contributed by atoms with van der Waals surface area (Å²) in [4.78, 5) is 55.6. The van der Waals surface area contributed by atoms with E-state index in [1.165, 1.54) is 4.90 Å². The van der Waals surface area contributed by atoms with E-state index in [2.05, 4.69) is 10.6 Å². The fourth-order valence-corrected chi connectivity index (χ4v) is 6.41. The van der Waals surface area contributed by atoms with Gasteiger partial charge in [0.05, 0.1) is 29.5 Å². The van der Waals surface area contributed by atoms with Crippen molar-refractivity contribution in [2.24, 2.45) is 23.3 Å². The minimum atomic E-state index is -2.43. The van der Waals surface area contributed by atoms with Crippen LogP contribution in [-0.4, -0.2) is 95.5 Å². The van der Waals surface area contributed by atoms with Crippen LogP contribution >= 0.6 is 0 Å². The predicted octanol–water partition coefficient (Wildman–Crippen LogP) is -0.0861. The van der Waals surface area contributed by atoms with Gasteiger partial charge in [0.2, 0.25) is 5.91 Å². The molecule has 2 amide bonds. The lowest BCUT2D eigenvalue weighted by atomic mass is 9.58. The number of Topliss-reactive ketones (excluding diaryl/α,β-unsaturated/α-hetero) is 2. The Morgan fingerprint density at radius 3 is 2.29 bits per heavy atom. The fourth-order valence-electron chi connectivity index (χ4n) is 6.41. The maximum absolute atomic E-state index is 14.2. The zero-order valence-corrected chi connectivity index (χ0v) is 25.0. The molecule has 9 N–H and O–H groups in total. The van der Waals surface area contributed by atoms with E-state index in [0.717, 1.165) is 0 Å². The van der Waals surface area contributed by atoms with Gasteiger partial charge in [0.1, 0.15) is 11.3 Å². The number of nitrogens with one attached hydrogen (secondary N) is 2. The molecule has 13 nitrogen and oxygen atoms in total. The number of aliphatic hydroxyl groups excluding tert-OH is 1. The standard InChI is InChI=1S/C29H40N6O7/c1-28(2,3)32-11-17(36)33-15-10-16(34(4)5)13-8-12-9-14-21(35(6)7)24(39)20(27(31)41)26(40)29(14,42)25(30)18(12)23(38)19(13)22(15)37/h10,12,14,21,32,37,40,42H,8-9,11,30H2,1-7H3,(H2,31,41)(H,33,36)/t12-,14-,21-,29-/m0/s1. The number of benzene rings is 1. The highest BCUT2D eigenvalue weighted by atomic mass is 16.3. The van der Waals surface area contributed by atoms with Crippen molar-refractivity contribution in [2.75, 3.05) is 45.0 Å². The SMILES string of the molecule is CN(C)c1cc(NC(=O)CNC(C)(C)C)c(O)c2c1C[C@H]1C[C@H]3[C@H](N(C)C)C(=O)C(C(N)=O)=C(O)[C@@]3(O)C(N)=C1C2=O. The van der Waals surface area contributed by atoms with Gasteiger partial charge < -0.3 is 42.3 Å². The van der Waals surface area contributed by atoms with Crippen LogP contribution in [-0.2, 0) is 20.8 Å². The van der Waals surface area contributed by atoms with Crippen molar-refractivity contribution in [2.45, 2.75) is 50.8 Å². The van der Waals surface area contributed by atoms with Gasteiger partial charge in [-0.2, -0.15) is 0 Å². The summed E-state index contributed by atoms with van der Waals surface area (Å²) < 4.78 is 0. The van der Waals surface area contributed by atoms with Gasteiger partial charge in [0, 0.05) is 36.8 Å². The van der Waals surface area contributed by atoms with E-state index in [9.17, 15) is 34.5 Å². The molecule has 0 heterocycles. The van der Waals surface area contributed by atoms with Crippen LogP contribution in [0.5, 0.6) is 5.75 Å². The second-order valence-electron chi connectivity index (χ2n) is 12.7. The first-order chi connectivity index (χ1) is 19.3. The third-order valence-electron chi connectivity index (χ3n) is 8.32. The molecule has 4 atom stereocenters. The highest BCUT2D eigenvalue weighted by Gasteiger charge is 2.61. The monoisotopic (exact) mass is 584 g/mol. The van der Waals surface area contributed by atoms with Gasteiger partial charge in [-0.15, -0.1) is 0 Å². The number of hydrogen-bond acceptors (Lipinski definition) is 11. The molecule has 0 spiro atoms. The Kier molecular flexibility index (Phi) is 7.68. The zero-order valence-electron chi connectivity index (χ0n) is 25.0. The molecule has 1 aromatic carbocycles. The molecule has 0 bridgehead atoms. The van der Waals surface area contributed by atoms with E-state index in [0.29, 0.717) is 11.3 Å². The Bertz CT molecular complexity index is 1450. The Hall–Kier alpha value is -3.94. The number of carbonyl (C=O) groups excluding carboxylic acids is 4. The van der Waals surface area contributed by atoms with E-state index in [1.54, 1.807) is 39.2 Å². The second-order valence-corrected chi connectivity index (χ2v) is 12.7. The number of nitrogens with two attached hydrogens (primary N) is 2. The number of aliphatic hydroxyl groups is 2. The Balaban J connectivity index is 1.89. The van der Waals surface area contributed by atoms with Crippen LogP contribution in [0.25, 0.3) is 0 Å². The zero-order chi connectivity index (χ0) is 31.6. The molecule has 3 aliphatic carbocycles. The van der Waals surface area contributed by atoms with Gasteiger partial charge in [-0.3, -0.25) is 24.1 Å². The fraction of sp³-hybridized carbons (Fsp3) is 0.517. The van der Waals surface area contributed by atoms with Crippen molar-refractivity contribution in [3.63, 3.8) is 0 Å². The van der Waals surface area contributed by atoms with Gasteiger partial charge >= 0.3 is 0 Å². The van der Waals surface area contributed by atoms with Gasteiger partial charge in [0.15, 0.2) is 22.9 Å². The molecule has 1 aromatic rings. The van der Waals surface area contributed by atoms with E-state index in [1.807, 2.05) is 20.8 Å². The summed E-state index contributed by atoms with van der Waals surface area (Å²) in [5, 5.41) is 40.1. The molecule has 0 fully saturated rings. The number of nitrogens with zero attached hydrogens (tertiary/aromatic N) is 2. The number of primary amides is 1. The number of ketones is 2. The number of carbonyl (C=O) groups is 4. The molecule has 0 aliphatic heterocycles. The second kappa shape index (κ2) is 10.4. The van der Waals surface area contributed by atoms with Crippen LogP contribution in [0, 0.1) is 11.8 Å². The van der Waals surface area contributed by atoms with Crippen molar-refractivity contribution in [3.05, 3.63) is 39.8 Å². The highest BCUT2D eigenvalue weighted by Crippen LogP contribution is 2.54. The van der Waals surface area contributed by atoms with Crippen LogP contribution in [0.3, 0.4) is 0 Å². The number of hydrogen-bond donors (Lipinski definition) is 7. The molecular formula is C29H40N6O7. The molecule has 0 saturated carbocycles. The van der Waals surface area contributed by atoms with Crippen molar-refractivity contribution in [1.82, 2.24) is 10.2 Å². The van der Waals surface area contributed by atoms with Crippen molar-refractivity contribution < 1.29 is 34.5 Å². The molecule has 4 rings (SSSR count). The molecule has 0 unspecified atom stereocenters. The number of phenolic OH excluding ortho intramolecular Hbond substituents is 1. The number of phenols is 1. The normalized spacial score (nSPS) is 25.7. The van der Waals surface area contributed by atoms with Gasteiger partial charge in [-0.25, -0.2) is 0 Å². The number of allylic oxidation sites excluding steroid dienone is 1. The van der Waals surface area contributed by atoms with Crippen molar-refractivity contribution >= 4 is 34.8 Å². The quantitative estimate of drug-likeness (QED) is 0.173.